The molecule has 0 aliphatic carbocycles. The summed E-state index contributed by atoms with van der Waals surface area (Å²) in [6, 6.07) is 11.0. The summed E-state index contributed by atoms with van der Waals surface area (Å²) in [4.78, 5) is 35.6. The van der Waals surface area contributed by atoms with Gasteiger partial charge in [-0.3, -0.25) is 9.59 Å². The molecule has 0 saturated carbocycles. The predicted octanol–water partition coefficient (Wildman–Crippen LogP) is 1.11. The molecule has 5 N–H and O–H groups in total. The van der Waals surface area contributed by atoms with Crippen LogP contribution in [0.3, 0.4) is 0 Å². The number of benzene rings is 2. The van der Waals surface area contributed by atoms with E-state index in [9.17, 15) is 24.6 Å². The molecular formula is C18H19N3O5. The second kappa shape index (κ2) is 8.52. The number of anilines is 1. The Hall–Kier alpha value is -3.55. The molecule has 8 nitrogen and oxygen atoms in total. The minimum absolute atomic E-state index is 0.0142. The Morgan fingerprint density at radius 1 is 1.04 bits per heavy atom. The lowest BCUT2D eigenvalue weighted by molar-refractivity contribution is -0.141. The number of carboxylic acid groups (broad SMARTS) is 1. The van der Waals surface area contributed by atoms with Gasteiger partial charge in [0.2, 0.25) is 5.91 Å². The van der Waals surface area contributed by atoms with Crippen molar-refractivity contribution in [1.29, 1.82) is 0 Å². The molecule has 0 aliphatic rings. The van der Waals surface area contributed by atoms with E-state index in [4.69, 9.17) is 0 Å². The van der Waals surface area contributed by atoms with Crippen LogP contribution in [0.2, 0.25) is 0 Å². The van der Waals surface area contributed by atoms with Gasteiger partial charge in [-0.25, -0.2) is 4.79 Å². The summed E-state index contributed by atoms with van der Waals surface area (Å²) in [6.45, 7) is -0.376. The number of para-hydroxylation sites is 1. The van der Waals surface area contributed by atoms with Crippen molar-refractivity contribution in [3.8, 4) is 5.75 Å². The minimum Gasteiger partial charge on any atom is -0.508 e. The fourth-order valence-corrected chi connectivity index (χ4v) is 2.32. The maximum absolute atomic E-state index is 12.2. The van der Waals surface area contributed by atoms with Crippen molar-refractivity contribution < 1.29 is 24.6 Å². The van der Waals surface area contributed by atoms with Gasteiger partial charge in [-0.1, -0.05) is 24.3 Å². The van der Waals surface area contributed by atoms with Gasteiger partial charge in [-0.2, -0.15) is 0 Å². The van der Waals surface area contributed by atoms with Crippen LogP contribution in [0.25, 0.3) is 0 Å². The summed E-state index contributed by atoms with van der Waals surface area (Å²) in [6.07, 6.45) is 0. The number of aromatic hydroxyl groups is 1. The third-order valence-electron chi connectivity index (χ3n) is 3.63. The highest BCUT2D eigenvalue weighted by molar-refractivity contribution is 6.01. The molecule has 26 heavy (non-hydrogen) atoms. The third kappa shape index (κ3) is 4.73. The molecule has 2 aromatic rings. The molecule has 2 aromatic carbocycles. The van der Waals surface area contributed by atoms with Crippen LogP contribution in [0.1, 0.15) is 22.0 Å². The number of amides is 2. The highest BCUT2D eigenvalue weighted by atomic mass is 16.4. The zero-order chi connectivity index (χ0) is 19.1. The van der Waals surface area contributed by atoms with E-state index < -0.39 is 23.8 Å². The third-order valence-corrected chi connectivity index (χ3v) is 3.63. The molecule has 0 saturated heterocycles. The highest BCUT2D eigenvalue weighted by Crippen LogP contribution is 2.17. The van der Waals surface area contributed by atoms with Crippen molar-refractivity contribution in [2.24, 2.45) is 0 Å². The van der Waals surface area contributed by atoms with Crippen LogP contribution in [0.4, 0.5) is 5.69 Å². The van der Waals surface area contributed by atoms with Crippen molar-refractivity contribution in [3.63, 3.8) is 0 Å². The molecule has 0 bridgehead atoms. The molecule has 0 spiro atoms. The molecule has 2 rings (SSSR count). The fraction of sp³-hybridized carbons (Fsp3) is 0.167. The first-order chi connectivity index (χ1) is 12.4. The second-order valence-corrected chi connectivity index (χ2v) is 5.41. The van der Waals surface area contributed by atoms with Crippen molar-refractivity contribution in [3.05, 3.63) is 59.7 Å². The smallest absolute Gasteiger partial charge is 0.330 e. The lowest BCUT2D eigenvalue weighted by atomic mass is 10.1. The Morgan fingerprint density at radius 2 is 1.69 bits per heavy atom. The van der Waals surface area contributed by atoms with E-state index >= 15 is 0 Å². The maximum Gasteiger partial charge on any atom is 0.330 e. The first-order valence-corrected chi connectivity index (χ1v) is 7.78. The van der Waals surface area contributed by atoms with E-state index in [1.54, 1.807) is 31.3 Å². The van der Waals surface area contributed by atoms with Crippen LogP contribution < -0.4 is 16.0 Å². The van der Waals surface area contributed by atoms with Crippen molar-refractivity contribution >= 4 is 23.5 Å². The Balaban J connectivity index is 1.99. The monoisotopic (exact) mass is 357 g/mol. The van der Waals surface area contributed by atoms with Gasteiger partial charge < -0.3 is 26.2 Å². The van der Waals surface area contributed by atoms with E-state index in [1.165, 1.54) is 24.3 Å². The maximum atomic E-state index is 12.2. The number of carbonyl (C=O) groups is 3. The molecular weight excluding hydrogens is 338 g/mol. The van der Waals surface area contributed by atoms with E-state index in [0.29, 0.717) is 16.8 Å². The lowest BCUT2D eigenvalue weighted by Gasteiger charge is -2.15. The number of phenols is 1. The summed E-state index contributed by atoms with van der Waals surface area (Å²) < 4.78 is 0. The SMILES string of the molecule is CNc1ccccc1C(=O)NCC(=O)N[C@@H](C(=O)O)c1ccc(O)cc1. The van der Waals surface area contributed by atoms with Crippen molar-refractivity contribution in [1.82, 2.24) is 10.6 Å². The minimum atomic E-state index is -1.29. The zero-order valence-electron chi connectivity index (χ0n) is 14.0. The van der Waals surface area contributed by atoms with Gasteiger partial charge in [0.15, 0.2) is 6.04 Å². The van der Waals surface area contributed by atoms with Crippen LogP contribution in [0.15, 0.2) is 48.5 Å². The molecule has 0 unspecified atom stereocenters. The zero-order valence-corrected chi connectivity index (χ0v) is 14.0. The number of carbonyl (C=O) groups excluding carboxylic acids is 2. The Bertz CT molecular complexity index is 805. The molecule has 0 aliphatic heterocycles. The molecule has 0 fully saturated rings. The summed E-state index contributed by atoms with van der Waals surface area (Å²) in [5, 5.41) is 26.2. The molecule has 136 valence electrons. The van der Waals surface area contributed by atoms with Gasteiger partial charge >= 0.3 is 5.97 Å². The molecule has 8 heteroatoms. The van der Waals surface area contributed by atoms with Gasteiger partial charge in [0, 0.05) is 12.7 Å². The average molecular weight is 357 g/mol. The van der Waals surface area contributed by atoms with Gasteiger partial charge in [-0.05, 0) is 29.8 Å². The first-order valence-electron chi connectivity index (χ1n) is 7.78. The molecule has 0 aromatic heterocycles. The molecule has 0 radical (unpaired) electrons. The van der Waals surface area contributed by atoms with E-state index in [2.05, 4.69) is 16.0 Å². The average Bonchev–Trinajstić information content (AvgIpc) is 2.64. The van der Waals surface area contributed by atoms with Gasteiger partial charge in [0.05, 0.1) is 12.1 Å². The standard InChI is InChI=1S/C18H19N3O5/c1-19-14-5-3-2-4-13(14)17(24)20-10-15(23)21-16(18(25)26)11-6-8-12(22)9-7-11/h2-9,16,19,22H,10H2,1H3,(H,20,24)(H,21,23)(H,25,26)/t16-/m1/s1. The number of phenolic OH excluding ortho intramolecular Hbond substituents is 1. The van der Waals surface area contributed by atoms with Crippen molar-refractivity contribution in [2.45, 2.75) is 6.04 Å². The summed E-state index contributed by atoms with van der Waals surface area (Å²) in [5.74, 6) is -2.38. The topological polar surface area (TPSA) is 128 Å². The quantitative estimate of drug-likeness (QED) is 0.505. The molecule has 1 atom stereocenters. The van der Waals surface area contributed by atoms with Gasteiger partial charge in [0.25, 0.3) is 5.91 Å². The van der Waals surface area contributed by atoms with E-state index in [-0.39, 0.29) is 12.3 Å². The predicted molar refractivity (Wildman–Crippen MR) is 94.9 cm³/mol. The summed E-state index contributed by atoms with van der Waals surface area (Å²) in [7, 11) is 1.67. The van der Waals surface area contributed by atoms with Crippen LogP contribution in [-0.2, 0) is 9.59 Å². The summed E-state index contributed by atoms with van der Waals surface area (Å²) >= 11 is 0. The first kappa shape index (κ1) is 18.8. The largest absolute Gasteiger partial charge is 0.508 e. The number of rotatable bonds is 7. The number of nitrogens with one attached hydrogen (secondary N) is 3. The number of hydrogen-bond acceptors (Lipinski definition) is 5. The van der Waals surface area contributed by atoms with Crippen LogP contribution >= 0.6 is 0 Å². The van der Waals surface area contributed by atoms with Gasteiger partial charge in [0.1, 0.15) is 5.75 Å². The van der Waals surface area contributed by atoms with Crippen molar-refractivity contribution in [2.75, 3.05) is 18.9 Å². The second-order valence-electron chi connectivity index (χ2n) is 5.41. The number of aliphatic carboxylic acids is 1. The molecule has 0 heterocycles. The normalized spacial score (nSPS) is 11.3. The number of hydrogen-bond donors (Lipinski definition) is 5. The Kier molecular flexibility index (Phi) is 6.15. The Labute approximate surface area is 149 Å². The van der Waals surface area contributed by atoms with Crippen LogP contribution in [0, 0.1) is 0 Å². The lowest BCUT2D eigenvalue weighted by Crippen LogP contribution is -2.41. The summed E-state index contributed by atoms with van der Waals surface area (Å²) in [5.41, 5.74) is 1.28. The molecule has 2 amide bonds. The van der Waals surface area contributed by atoms with E-state index in [0.717, 1.165) is 0 Å². The Morgan fingerprint density at radius 3 is 2.31 bits per heavy atom. The van der Waals surface area contributed by atoms with Crippen LogP contribution in [-0.4, -0.2) is 41.6 Å². The van der Waals surface area contributed by atoms with Crippen LogP contribution in [0.5, 0.6) is 5.75 Å². The highest BCUT2D eigenvalue weighted by Gasteiger charge is 2.22. The number of carboxylic acids is 1. The van der Waals surface area contributed by atoms with E-state index in [1.807, 2.05) is 0 Å². The van der Waals surface area contributed by atoms with Gasteiger partial charge in [-0.15, -0.1) is 0 Å². The fourth-order valence-electron chi connectivity index (χ4n) is 2.32.